The molecule has 0 aliphatic carbocycles. The van der Waals surface area contributed by atoms with Crippen LogP contribution in [0.15, 0.2) is 0 Å². The Balaban J connectivity index is 3.02. The zero-order chi connectivity index (χ0) is 8.74. The van der Waals surface area contributed by atoms with Crippen LogP contribution in [0.1, 0.15) is 13.8 Å². The largest absolute Gasteiger partial charge is 0.354 e. The number of nitrogens with two attached hydrogens (primary N) is 2. The molecule has 0 saturated heterocycles. The molecule has 68 valence electrons. The van der Waals surface area contributed by atoms with E-state index in [2.05, 4.69) is 0 Å². The van der Waals surface area contributed by atoms with Crippen molar-refractivity contribution in [3.8, 4) is 0 Å². The highest BCUT2D eigenvalue weighted by atomic mass is 16.7. The average Bonchev–Trinajstić information content (AvgIpc) is 1.85. The molecular weight excluding hydrogens is 144 g/mol. The fraction of sp³-hybridized carbons (Fsp3) is 1.00. The molecule has 4 nitrogen and oxygen atoms in total. The first kappa shape index (κ1) is 10.8. The molecule has 0 spiro atoms. The lowest BCUT2D eigenvalue weighted by Gasteiger charge is -2.17. The smallest absolute Gasteiger partial charge is 0.146 e. The zero-order valence-corrected chi connectivity index (χ0v) is 7.30. The third kappa shape index (κ3) is 9.84. The number of hydrogen-bond acceptors (Lipinski definition) is 4. The van der Waals surface area contributed by atoms with Gasteiger partial charge < -0.3 is 20.9 Å². The second-order valence-electron chi connectivity index (χ2n) is 3.15. The summed E-state index contributed by atoms with van der Waals surface area (Å²) in [4.78, 5) is 0. The molecular formula is C7H18N2O2. The highest BCUT2D eigenvalue weighted by Gasteiger charge is 2.09. The number of rotatable bonds is 6. The lowest BCUT2D eigenvalue weighted by molar-refractivity contribution is -0.0624. The van der Waals surface area contributed by atoms with Crippen molar-refractivity contribution < 1.29 is 9.47 Å². The molecule has 0 rings (SSSR count). The van der Waals surface area contributed by atoms with Crippen LogP contribution in [0.3, 0.4) is 0 Å². The summed E-state index contributed by atoms with van der Waals surface area (Å²) >= 11 is 0. The van der Waals surface area contributed by atoms with Gasteiger partial charge in [-0.05, 0) is 13.8 Å². The van der Waals surface area contributed by atoms with Crippen molar-refractivity contribution in [1.29, 1.82) is 0 Å². The summed E-state index contributed by atoms with van der Waals surface area (Å²) in [7, 11) is 0. The second-order valence-corrected chi connectivity index (χ2v) is 3.15. The highest BCUT2D eigenvalue weighted by Crippen LogP contribution is 1.96. The molecule has 0 aromatic rings. The van der Waals surface area contributed by atoms with Gasteiger partial charge in [0, 0.05) is 12.1 Å². The second kappa shape index (κ2) is 5.49. The van der Waals surface area contributed by atoms with Gasteiger partial charge in [-0.15, -0.1) is 0 Å². The van der Waals surface area contributed by atoms with E-state index in [9.17, 15) is 0 Å². The minimum absolute atomic E-state index is 0.276. The summed E-state index contributed by atoms with van der Waals surface area (Å²) in [5.74, 6) is 0. The Morgan fingerprint density at radius 1 is 1.27 bits per heavy atom. The topological polar surface area (TPSA) is 70.5 Å². The average molecular weight is 162 g/mol. The maximum Gasteiger partial charge on any atom is 0.146 e. The lowest BCUT2D eigenvalue weighted by Crippen LogP contribution is -2.37. The summed E-state index contributed by atoms with van der Waals surface area (Å²) < 4.78 is 10.1. The molecule has 0 aliphatic rings. The molecule has 11 heavy (non-hydrogen) atoms. The molecule has 0 bridgehead atoms. The van der Waals surface area contributed by atoms with Gasteiger partial charge in [-0.1, -0.05) is 0 Å². The molecule has 0 fully saturated rings. The van der Waals surface area contributed by atoms with Crippen LogP contribution in [-0.4, -0.2) is 32.1 Å². The van der Waals surface area contributed by atoms with Gasteiger partial charge in [0.15, 0.2) is 0 Å². The standard InChI is InChI=1S/C7H18N2O2/c1-7(2,9)5-11-6-10-4-3-8/h3-6,8-9H2,1-2H3. The van der Waals surface area contributed by atoms with Gasteiger partial charge in [0.2, 0.25) is 0 Å². The first-order valence-corrected chi connectivity index (χ1v) is 3.71. The lowest BCUT2D eigenvalue weighted by atomic mass is 10.1. The molecule has 4 N–H and O–H groups in total. The van der Waals surface area contributed by atoms with E-state index in [0.717, 1.165) is 0 Å². The van der Waals surface area contributed by atoms with Crippen molar-refractivity contribution in [1.82, 2.24) is 0 Å². The Labute approximate surface area is 67.8 Å². The maximum absolute atomic E-state index is 5.64. The minimum atomic E-state index is -0.286. The van der Waals surface area contributed by atoms with Crippen molar-refractivity contribution in [2.45, 2.75) is 19.4 Å². The fourth-order valence-electron chi connectivity index (χ4n) is 0.506. The summed E-state index contributed by atoms with van der Waals surface area (Å²) in [6, 6.07) is 0. The van der Waals surface area contributed by atoms with Crippen LogP contribution >= 0.6 is 0 Å². The van der Waals surface area contributed by atoms with Gasteiger partial charge >= 0.3 is 0 Å². The molecule has 0 radical (unpaired) electrons. The summed E-state index contributed by atoms with van der Waals surface area (Å²) in [6.07, 6.45) is 0. The minimum Gasteiger partial charge on any atom is -0.354 e. The third-order valence-corrected chi connectivity index (χ3v) is 0.903. The van der Waals surface area contributed by atoms with E-state index in [-0.39, 0.29) is 12.3 Å². The molecule has 0 saturated carbocycles. The highest BCUT2D eigenvalue weighted by molar-refractivity contribution is 4.69. The van der Waals surface area contributed by atoms with Crippen LogP contribution in [0, 0.1) is 0 Å². The zero-order valence-electron chi connectivity index (χ0n) is 7.30. The third-order valence-electron chi connectivity index (χ3n) is 0.903. The molecule has 0 heterocycles. The van der Waals surface area contributed by atoms with Crippen LogP contribution in [0.2, 0.25) is 0 Å². The Bertz CT molecular complexity index is 90.9. The van der Waals surface area contributed by atoms with Crippen molar-refractivity contribution >= 4 is 0 Å². The maximum atomic E-state index is 5.64. The molecule has 4 heteroatoms. The first-order valence-electron chi connectivity index (χ1n) is 3.71. The summed E-state index contributed by atoms with van der Waals surface area (Å²) in [6.45, 7) is 5.63. The van der Waals surface area contributed by atoms with Crippen LogP contribution in [-0.2, 0) is 9.47 Å². The SMILES string of the molecule is CC(C)(N)COCOCCN. The Hall–Kier alpha value is -0.160. The number of ether oxygens (including phenoxy) is 2. The van der Waals surface area contributed by atoms with Gasteiger partial charge in [-0.25, -0.2) is 0 Å². The van der Waals surface area contributed by atoms with Crippen LogP contribution in [0.5, 0.6) is 0 Å². The molecule has 0 aromatic carbocycles. The van der Waals surface area contributed by atoms with E-state index >= 15 is 0 Å². The van der Waals surface area contributed by atoms with Crippen LogP contribution in [0.25, 0.3) is 0 Å². The Morgan fingerprint density at radius 2 is 1.91 bits per heavy atom. The van der Waals surface area contributed by atoms with Crippen molar-refractivity contribution in [3.63, 3.8) is 0 Å². The molecule has 0 amide bonds. The van der Waals surface area contributed by atoms with E-state index < -0.39 is 0 Å². The molecule has 0 atom stereocenters. The van der Waals surface area contributed by atoms with Gasteiger partial charge in [-0.3, -0.25) is 0 Å². The molecule has 0 aromatic heterocycles. The van der Waals surface area contributed by atoms with Gasteiger partial charge in [0.25, 0.3) is 0 Å². The molecule has 0 aliphatic heterocycles. The van der Waals surface area contributed by atoms with E-state index in [1.165, 1.54) is 0 Å². The predicted octanol–water partition coefficient (Wildman–Crippen LogP) is -0.327. The van der Waals surface area contributed by atoms with Gasteiger partial charge in [0.1, 0.15) is 6.79 Å². The van der Waals surface area contributed by atoms with Crippen molar-refractivity contribution in [2.75, 3.05) is 26.6 Å². The van der Waals surface area contributed by atoms with Gasteiger partial charge in [0.05, 0.1) is 13.2 Å². The predicted molar refractivity (Wildman–Crippen MR) is 44.1 cm³/mol. The van der Waals surface area contributed by atoms with Crippen LogP contribution < -0.4 is 11.5 Å². The van der Waals surface area contributed by atoms with E-state index in [1.54, 1.807) is 0 Å². The summed E-state index contributed by atoms with van der Waals surface area (Å²) in [5.41, 5.74) is 10.6. The summed E-state index contributed by atoms with van der Waals surface area (Å²) in [5, 5.41) is 0. The normalized spacial score (nSPS) is 12.0. The van der Waals surface area contributed by atoms with Crippen molar-refractivity contribution in [2.24, 2.45) is 11.5 Å². The van der Waals surface area contributed by atoms with Gasteiger partial charge in [-0.2, -0.15) is 0 Å². The molecule has 0 unspecified atom stereocenters. The Kier molecular flexibility index (Phi) is 5.41. The quantitative estimate of drug-likeness (QED) is 0.414. The van der Waals surface area contributed by atoms with E-state index in [0.29, 0.717) is 19.8 Å². The first-order chi connectivity index (χ1) is 5.06. The monoisotopic (exact) mass is 162 g/mol. The van der Waals surface area contributed by atoms with E-state index in [1.807, 2.05) is 13.8 Å². The fourth-order valence-corrected chi connectivity index (χ4v) is 0.506. The van der Waals surface area contributed by atoms with Crippen molar-refractivity contribution in [3.05, 3.63) is 0 Å². The van der Waals surface area contributed by atoms with Crippen LogP contribution in [0.4, 0.5) is 0 Å². The number of hydrogen-bond donors (Lipinski definition) is 2. The van der Waals surface area contributed by atoms with E-state index in [4.69, 9.17) is 20.9 Å². The Morgan fingerprint density at radius 3 is 2.36 bits per heavy atom.